The topological polar surface area (TPSA) is 28.6 Å². The van der Waals surface area contributed by atoms with E-state index in [-0.39, 0.29) is 21.1 Å². The molecule has 1 aromatic heterocycles. The van der Waals surface area contributed by atoms with E-state index in [1.165, 1.54) is 31.8 Å². The minimum absolute atomic E-state index is 0. The van der Waals surface area contributed by atoms with Crippen LogP contribution in [-0.4, -0.2) is 16.9 Å². The molecule has 200 valence electrons. The Morgan fingerprint density at radius 3 is 2.25 bits per heavy atom. The average Bonchev–Trinajstić information content (AvgIpc) is 3.43. The van der Waals surface area contributed by atoms with E-state index in [4.69, 9.17) is 4.74 Å². The van der Waals surface area contributed by atoms with Crippen LogP contribution in [0.2, 0.25) is 0 Å². The Kier molecular flexibility index (Phi) is 7.86. The molecule has 0 N–H and O–H groups in total. The monoisotopic (exact) mass is 735 g/mol. The molecule has 7 rings (SSSR count). The van der Waals surface area contributed by atoms with Crippen LogP contribution in [-0.2, 0) is 21.1 Å². The maximum absolute atomic E-state index is 6.19. The average molecular weight is 736 g/mol. The van der Waals surface area contributed by atoms with E-state index in [0.29, 0.717) is 11.6 Å². The molecule has 2 atom stereocenters. The van der Waals surface area contributed by atoms with Gasteiger partial charge in [-0.25, -0.2) is 4.98 Å². The van der Waals surface area contributed by atoms with Gasteiger partial charge in [-0.1, -0.05) is 76.5 Å². The fourth-order valence-corrected chi connectivity index (χ4v) is 10.7. The summed E-state index contributed by atoms with van der Waals surface area (Å²) in [6, 6.07) is 43.6. The maximum atomic E-state index is 6.19. The van der Waals surface area contributed by atoms with Gasteiger partial charge in [0.05, 0.1) is 0 Å². The Morgan fingerprint density at radius 2 is 1.50 bits per heavy atom. The summed E-state index contributed by atoms with van der Waals surface area (Å²) in [6.45, 7) is 2.06. The van der Waals surface area contributed by atoms with Crippen molar-refractivity contribution in [2.45, 2.75) is 0 Å². The fourth-order valence-electron chi connectivity index (χ4n) is 4.90. The number of hydrogen-bond donors (Lipinski definition) is 0. The van der Waals surface area contributed by atoms with Gasteiger partial charge in [0.1, 0.15) is 0 Å². The number of benzene rings is 4. The molecule has 0 radical (unpaired) electrons. The van der Waals surface area contributed by atoms with Gasteiger partial charge in [-0.15, -0.1) is 33.7 Å². The fraction of sp³-hybridized carbons (Fsp3) is 0.0303. The quantitative estimate of drug-likeness (QED) is 0.191. The van der Waals surface area contributed by atoms with Crippen LogP contribution in [0, 0.1) is 18.8 Å². The van der Waals surface area contributed by atoms with Crippen molar-refractivity contribution in [3.05, 3.63) is 141 Å². The van der Waals surface area contributed by atoms with Gasteiger partial charge in [0, 0.05) is 39.1 Å². The molecule has 0 bridgehead atoms. The Balaban J connectivity index is 0.00000289. The van der Waals surface area contributed by atoms with Gasteiger partial charge in [0.15, 0.2) is 0 Å². The summed E-state index contributed by atoms with van der Waals surface area (Å²) in [5.74, 6) is 1.24. The van der Waals surface area contributed by atoms with Crippen LogP contribution < -0.4 is 41.5 Å². The summed E-state index contributed by atoms with van der Waals surface area (Å²) in [7, 11) is 0.364. The second-order valence-corrected chi connectivity index (χ2v) is 13.5. The molecule has 0 spiro atoms. The van der Waals surface area contributed by atoms with Crippen LogP contribution in [0.1, 0.15) is 0 Å². The van der Waals surface area contributed by atoms with Crippen molar-refractivity contribution >= 4 is 53.4 Å². The van der Waals surface area contributed by atoms with Crippen LogP contribution in [0.5, 0.6) is 11.6 Å². The van der Waals surface area contributed by atoms with Gasteiger partial charge in [0.25, 0.3) is 0 Å². The minimum atomic E-state index is -0.922. The van der Waals surface area contributed by atoms with E-state index in [1.54, 1.807) is 6.20 Å². The molecule has 3 heterocycles. The van der Waals surface area contributed by atoms with E-state index < -0.39 is 15.8 Å². The zero-order valence-electron chi connectivity index (χ0n) is 21.6. The van der Waals surface area contributed by atoms with Crippen molar-refractivity contribution < 1.29 is 25.8 Å². The van der Waals surface area contributed by atoms with Crippen molar-refractivity contribution in [3.8, 4) is 11.6 Å². The molecule has 2 aliphatic rings. The molecule has 2 unspecified atom stereocenters. The first-order valence-electron chi connectivity index (χ1n) is 12.7. The number of pyridine rings is 1. The molecule has 0 fully saturated rings. The van der Waals surface area contributed by atoms with Gasteiger partial charge < -0.3 is 14.5 Å². The molecule has 2 aliphatic heterocycles. The largest absolute Gasteiger partial charge is 0.510 e. The number of fused-ring (bicyclic) bond motifs is 2. The van der Waals surface area contributed by atoms with Crippen molar-refractivity contribution in [3.63, 3.8) is 0 Å². The summed E-state index contributed by atoms with van der Waals surface area (Å²) in [4.78, 5) is 8.51. The molecule has 0 amide bonds. The Labute approximate surface area is 252 Å². The molecule has 0 saturated carbocycles. The smallest absolute Gasteiger partial charge is 0.216 e. The van der Waals surface area contributed by atoms with E-state index in [9.17, 15) is 0 Å². The van der Waals surface area contributed by atoms with Crippen LogP contribution in [0.15, 0.2) is 122 Å². The van der Waals surface area contributed by atoms with Gasteiger partial charge in [-0.2, -0.15) is 37.0 Å². The molecule has 4 aromatic carbocycles. The minimum Gasteiger partial charge on any atom is -0.510 e. The third kappa shape index (κ3) is 5.13. The Bertz CT molecular complexity index is 1670. The number of rotatable bonds is 5. The molecule has 40 heavy (non-hydrogen) atoms. The SMILES string of the molecule is CN1C=CN(c2[c-]c(P3c4[c-]c(Oc5ccccn5)ccc4P(c4ccccc4)c4ccccc43)ccc2)[CH-]1.[Pt]. The van der Waals surface area contributed by atoms with Gasteiger partial charge in [0.2, 0.25) is 5.88 Å². The van der Waals surface area contributed by atoms with E-state index >= 15 is 0 Å². The maximum Gasteiger partial charge on any atom is 0.216 e. The third-order valence-electron chi connectivity index (χ3n) is 6.62. The summed E-state index contributed by atoms with van der Waals surface area (Å²) in [5, 5.41) is 7.77. The molecule has 4 nitrogen and oxygen atoms in total. The van der Waals surface area contributed by atoms with Gasteiger partial charge in [-0.05, 0) is 41.4 Å². The van der Waals surface area contributed by atoms with Crippen molar-refractivity contribution in [1.29, 1.82) is 0 Å². The number of anilines is 1. The standard InChI is InChI=1S/C33H24N3OP2.Pt/c1-35-20-21-36(24-35)25-10-9-13-28(22-25)39-30-15-6-5-14-29(30)38(27-11-3-2-4-12-27)31-18-17-26(23-32(31)39)37-33-16-7-8-19-34-33;/h2-21,24H,1H3;/q-3;. The molecular formula is C33H24N3OP2Pt-3. The second-order valence-electron chi connectivity index (χ2n) is 9.23. The summed E-state index contributed by atoms with van der Waals surface area (Å²) in [5.41, 5.74) is 1.02. The first kappa shape index (κ1) is 26.9. The van der Waals surface area contributed by atoms with Gasteiger partial charge >= 0.3 is 0 Å². The first-order valence-corrected chi connectivity index (χ1v) is 15.4. The van der Waals surface area contributed by atoms with E-state index in [0.717, 1.165) is 5.69 Å². The second kappa shape index (κ2) is 11.7. The van der Waals surface area contributed by atoms with Crippen LogP contribution in [0.25, 0.3) is 0 Å². The Hall–Kier alpha value is -3.28. The van der Waals surface area contributed by atoms with Crippen LogP contribution >= 0.6 is 15.8 Å². The summed E-state index contributed by atoms with van der Waals surface area (Å²) >= 11 is 0. The van der Waals surface area contributed by atoms with Crippen molar-refractivity contribution in [2.75, 3.05) is 11.9 Å². The normalized spacial score (nSPS) is 17.1. The third-order valence-corrected chi connectivity index (χ3v) is 11.9. The molecule has 0 saturated heterocycles. The van der Waals surface area contributed by atoms with Crippen molar-refractivity contribution in [2.24, 2.45) is 0 Å². The number of ether oxygens (including phenoxy) is 1. The zero-order valence-corrected chi connectivity index (χ0v) is 25.6. The molecular weight excluding hydrogens is 711 g/mol. The summed E-state index contributed by atoms with van der Waals surface area (Å²) < 4.78 is 6.19. The number of hydrogen-bond acceptors (Lipinski definition) is 4. The Morgan fingerprint density at radius 1 is 0.725 bits per heavy atom. The van der Waals surface area contributed by atoms with Crippen LogP contribution in [0.4, 0.5) is 5.69 Å². The van der Waals surface area contributed by atoms with Crippen molar-refractivity contribution in [1.82, 2.24) is 9.88 Å². The molecule has 5 aromatic rings. The van der Waals surface area contributed by atoms with Crippen LogP contribution in [0.3, 0.4) is 0 Å². The van der Waals surface area contributed by atoms with E-state index in [2.05, 4.69) is 114 Å². The first-order chi connectivity index (χ1) is 19.2. The summed E-state index contributed by atoms with van der Waals surface area (Å²) in [6.07, 6.45) is 5.84. The van der Waals surface area contributed by atoms with E-state index in [1.807, 2.05) is 42.4 Å². The van der Waals surface area contributed by atoms with Gasteiger partial charge in [-0.3, -0.25) is 0 Å². The number of aromatic nitrogens is 1. The number of nitrogens with zero attached hydrogens (tertiary/aromatic N) is 3. The molecule has 7 heteroatoms. The zero-order chi connectivity index (χ0) is 26.2. The molecule has 0 aliphatic carbocycles. The predicted octanol–water partition coefficient (Wildman–Crippen LogP) is 4.64. The predicted molar refractivity (Wildman–Crippen MR) is 163 cm³/mol.